The third kappa shape index (κ3) is 2.50. The molecule has 0 aliphatic rings. The van der Waals surface area contributed by atoms with Crippen molar-refractivity contribution in [1.29, 1.82) is 0 Å². The second-order valence-electron chi connectivity index (χ2n) is 5.17. The second kappa shape index (κ2) is 5.27. The molecule has 0 aliphatic carbocycles. The Morgan fingerprint density at radius 3 is 2.12 bits per heavy atom. The molecule has 118 valence electrons. The molecular weight excluding hydrogens is 312 g/mol. The van der Waals surface area contributed by atoms with E-state index >= 15 is 0 Å². The van der Waals surface area contributed by atoms with Gasteiger partial charge in [0, 0.05) is 35.0 Å². The summed E-state index contributed by atoms with van der Waals surface area (Å²) in [6.07, 6.45) is 0. The van der Waals surface area contributed by atoms with E-state index in [1.807, 2.05) is 0 Å². The van der Waals surface area contributed by atoms with Crippen LogP contribution in [-0.4, -0.2) is 5.11 Å². The van der Waals surface area contributed by atoms with Crippen LogP contribution >= 0.6 is 0 Å². The molecule has 0 aliphatic heterocycles. The number of benzene rings is 2. The van der Waals surface area contributed by atoms with E-state index in [1.165, 1.54) is 18.2 Å². The van der Waals surface area contributed by atoms with Gasteiger partial charge in [0.1, 0.15) is 16.9 Å². The summed E-state index contributed by atoms with van der Waals surface area (Å²) in [4.78, 5) is 22.5. The zero-order chi connectivity index (χ0) is 16.7. The highest BCUT2D eigenvalue weighted by molar-refractivity contribution is 5.81. The van der Waals surface area contributed by atoms with Crippen molar-refractivity contribution in [3.05, 3.63) is 75.4 Å². The van der Waals surface area contributed by atoms with Crippen LogP contribution in [0.5, 0.6) is 17.2 Å². The van der Waals surface area contributed by atoms with Crippen molar-refractivity contribution in [2.75, 3.05) is 0 Å². The maximum atomic E-state index is 11.3. The van der Waals surface area contributed by atoms with E-state index in [2.05, 4.69) is 0 Å². The average Bonchev–Trinajstić information content (AvgIpc) is 2.55. The van der Waals surface area contributed by atoms with Gasteiger partial charge in [-0.2, -0.15) is 0 Å². The number of phenols is 1. The molecule has 0 fully saturated rings. The lowest BCUT2D eigenvalue weighted by Crippen LogP contribution is -1.95. The van der Waals surface area contributed by atoms with Crippen LogP contribution in [0.15, 0.2) is 73.0 Å². The molecule has 1 N–H and O–H groups in total. The van der Waals surface area contributed by atoms with Crippen LogP contribution in [0.4, 0.5) is 0 Å². The first-order chi connectivity index (χ1) is 11.6. The molecule has 0 saturated carbocycles. The molecule has 0 amide bonds. The highest BCUT2D eigenvalue weighted by Gasteiger charge is 2.09. The van der Waals surface area contributed by atoms with Crippen molar-refractivity contribution in [3.63, 3.8) is 0 Å². The van der Waals surface area contributed by atoms with Gasteiger partial charge in [0.15, 0.2) is 11.5 Å². The molecule has 6 heteroatoms. The summed E-state index contributed by atoms with van der Waals surface area (Å²) in [5.74, 6) is 0.407. The molecule has 0 unspecified atom stereocenters. The van der Waals surface area contributed by atoms with Gasteiger partial charge in [0.2, 0.25) is 0 Å². The Morgan fingerprint density at radius 2 is 1.38 bits per heavy atom. The molecule has 24 heavy (non-hydrogen) atoms. The number of ether oxygens (including phenoxy) is 1. The molecule has 0 atom stereocenters. The van der Waals surface area contributed by atoms with Crippen molar-refractivity contribution in [1.82, 2.24) is 0 Å². The molecule has 2 aromatic carbocycles. The maximum absolute atomic E-state index is 11.3. The minimum Gasteiger partial charge on any atom is -0.504 e. The third-order valence-corrected chi connectivity index (χ3v) is 3.52. The Kier molecular flexibility index (Phi) is 3.09. The van der Waals surface area contributed by atoms with Gasteiger partial charge in [-0.25, -0.2) is 9.59 Å². The first kappa shape index (κ1) is 14.1. The Balaban J connectivity index is 1.78. The van der Waals surface area contributed by atoms with Crippen LogP contribution in [-0.2, 0) is 0 Å². The predicted octanol–water partition coefficient (Wildman–Crippen LogP) is 3.40. The van der Waals surface area contributed by atoms with Gasteiger partial charge < -0.3 is 18.7 Å². The van der Waals surface area contributed by atoms with Crippen LogP contribution in [0.2, 0.25) is 0 Å². The summed E-state index contributed by atoms with van der Waals surface area (Å²) in [5.41, 5.74) is -0.313. The van der Waals surface area contributed by atoms with Gasteiger partial charge in [0.25, 0.3) is 0 Å². The quantitative estimate of drug-likeness (QED) is 0.569. The summed E-state index contributed by atoms with van der Waals surface area (Å²) in [7, 11) is 0. The topological polar surface area (TPSA) is 89.9 Å². The molecule has 0 saturated heterocycles. The first-order valence-corrected chi connectivity index (χ1v) is 7.07. The summed E-state index contributed by atoms with van der Waals surface area (Å²) in [6.45, 7) is 0. The normalized spacial score (nSPS) is 11.0. The minimum atomic E-state index is -0.500. The summed E-state index contributed by atoms with van der Waals surface area (Å²) < 4.78 is 15.8. The Morgan fingerprint density at radius 1 is 0.750 bits per heavy atom. The van der Waals surface area contributed by atoms with Gasteiger partial charge in [-0.05, 0) is 30.3 Å². The van der Waals surface area contributed by atoms with Crippen molar-refractivity contribution in [2.24, 2.45) is 0 Å². The Labute approximate surface area is 134 Å². The first-order valence-electron chi connectivity index (χ1n) is 7.07. The molecule has 4 aromatic rings. The van der Waals surface area contributed by atoms with Crippen LogP contribution in [0, 0.1) is 0 Å². The fourth-order valence-corrected chi connectivity index (χ4v) is 2.40. The predicted molar refractivity (Wildman–Crippen MR) is 86.7 cm³/mol. The lowest BCUT2D eigenvalue weighted by molar-refractivity contribution is 0.410. The zero-order valence-electron chi connectivity index (χ0n) is 12.2. The molecule has 2 heterocycles. The van der Waals surface area contributed by atoms with Crippen LogP contribution in [0.25, 0.3) is 21.9 Å². The minimum absolute atomic E-state index is 0.175. The van der Waals surface area contributed by atoms with E-state index in [0.29, 0.717) is 16.7 Å². The van der Waals surface area contributed by atoms with E-state index in [4.69, 9.17) is 13.6 Å². The fourth-order valence-electron chi connectivity index (χ4n) is 2.40. The smallest absolute Gasteiger partial charge is 0.336 e. The summed E-state index contributed by atoms with van der Waals surface area (Å²) in [6, 6.07) is 13.7. The standard InChI is InChI=1S/C18H10O6/c19-13-9-15-11(3-6-18(21)24-15)7-16(13)22-12-4-1-10-2-5-17(20)23-14(10)8-12/h1-9,19H. The molecule has 2 aromatic heterocycles. The van der Waals surface area contributed by atoms with Gasteiger partial charge in [-0.1, -0.05) is 0 Å². The SMILES string of the molecule is O=c1ccc2ccc(Oc3cc4ccc(=O)oc4cc3O)cc2o1. The van der Waals surface area contributed by atoms with Crippen molar-refractivity contribution in [2.45, 2.75) is 0 Å². The van der Waals surface area contributed by atoms with Gasteiger partial charge >= 0.3 is 11.3 Å². The number of fused-ring (bicyclic) bond motifs is 2. The lowest BCUT2D eigenvalue weighted by atomic mass is 10.2. The third-order valence-electron chi connectivity index (χ3n) is 3.52. The maximum Gasteiger partial charge on any atom is 0.336 e. The lowest BCUT2D eigenvalue weighted by Gasteiger charge is -2.09. The van der Waals surface area contributed by atoms with E-state index in [9.17, 15) is 14.7 Å². The molecule has 0 radical (unpaired) electrons. The summed E-state index contributed by atoms with van der Waals surface area (Å²) >= 11 is 0. The van der Waals surface area contributed by atoms with Crippen molar-refractivity contribution < 1.29 is 18.7 Å². The molecule has 0 spiro atoms. The number of rotatable bonds is 2. The van der Waals surface area contributed by atoms with Gasteiger partial charge in [0.05, 0.1) is 0 Å². The zero-order valence-corrected chi connectivity index (χ0v) is 12.2. The summed E-state index contributed by atoms with van der Waals surface area (Å²) in [5, 5.41) is 11.4. The molecule has 6 nitrogen and oxygen atoms in total. The fraction of sp³-hybridized carbons (Fsp3) is 0. The van der Waals surface area contributed by atoms with E-state index < -0.39 is 11.3 Å². The van der Waals surface area contributed by atoms with E-state index in [-0.39, 0.29) is 17.1 Å². The Bertz CT molecular complexity index is 1190. The van der Waals surface area contributed by atoms with Crippen LogP contribution < -0.4 is 16.0 Å². The van der Waals surface area contributed by atoms with E-state index in [0.717, 1.165) is 5.39 Å². The highest BCUT2D eigenvalue weighted by Crippen LogP contribution is 2.35. The number of aromatic hydroxyl groups is 1. The van der Waals surface area contributed by atoms with Crippen LogP contribution in [0.3, 0.4) is 0 Å². The number of hydrogen-bond acceptors (Lipinski definition) is 6. The van der Waals surface area contributed by atoms with Gasteiger partial charge in [-0.3, -0.25) is 0 Å². The number of phenolic OH excluding ortho intramolecular Hbond substituents is 1. The average molecular weight is 322 g/mol. The molecular formula is C18H10O6. The molecule has 0 bridgehead atoms. The largest absolute Gasteiger partial charge is 0.504 e. The van der Waals surface area contributed by atoms with Crippen molar-refractivity contribution in [3.8, 4) is 17.2 Å². The highest BCUT2D eigenvalue weighted by atomic mass is 16.5. The molecule has 4 rings (SSSR count). The van der Waals surface area contributed by atoms with E-state index in [1.54, 1.807) is 36.4 Å². The van der Waals surface area contributed by atoms with Gasteiger partial charge in [-0.15, -0.1) is 0 Å². The monoisotopic (exact) mass is 322 g/mol. The second-order valence-corrected chi connectivity index (χ2v) is 5.17. The number of hydrogen-bond donors (Lipinski definition) is 1. The van der Waals surface area contributed by atoms with Crippen LogP contribution in [0.1, 0.15) is 0 Å². The van der Waals surface area contributed by atoms with Crippen molar-refractivity contribution >= 4 is 21.9 Å². The Hall–Kier alpha value is -3.54.